The van der Waals surface area contributed by atoms with E-state index in [1.165, 1.54) is 0 Å². The lowest BCUT2D eigenvalue weighted by Crippen LogP contribution is -2.24. The van der Waals surface area contributed by atoms with E-state index >= 15 is 0 Å². The van der Waals surface area contributed by atoms with E-state index in [4.69, 9.17) is 4.74 Å². The summed E-state index contributed by atoms with van der Waals surface area (Å²) in [7, 11) is -0.638. The molecule has 0 saturated heterocycles. The van der Waals surface area contributed by atoms with E-state index in [1.54, 1.807) is 0 Å². The van der Waals surface area contributed by atoms with Gasteiger partial charge in [0.2, 0.25) is 0 Å². The summed E-state index contributed by atoms with van der Waals surface area (Å²) in [5.41, 5.74) is 0. The van der Waals surface area contributed by atoms with Crippen molar-refractivity contribution in [2.24, 2.45) is 0 Å². The highest BCUT2D eigenvalue weighted by Gasteiger charge is 1.93. The topological polar surface area (TPSA) is 38.3 Å². The minimum atomic E-state index is -0.638. The molecule has 74 valence electrons. The Morgan fingerprint density at radius 3 is 2.67 bits per heavy atom. The molecule has 1 N–H and O–H groups in total. The molecule has 0 aromatic carbocycles. The molecule has 3 nitrogen and oxygen atoms in total. The van der Waals surface area contributed by atoms with Gasteiger partial charge in [0.1, 0.15) is 0 Å². The van der Waals surface area contributed by atoms with Crippen LogP contribution in [-0.2, 0) is 15.5 Å². The minimum Gasteiger partial charge on any atom is -0.380 e. The van der Waals surface area contributed by atoms with E-state index in [0.29, 0.717) is 0 Å². The molecule has 0 amide bonds. The Kier molecular flexibility index (Phi) is 9.21. The molecule has 0 aliphatic heterocycles. The SMILES string of the molecule is CCOCCNCCS(=O)CC. The van der Waals surface area contributed by atoms with Crippen molar-refractivity contribution in [2.45, 2.75) is 13.8 Å². The van der Waals surface area contributed by atoms with E-state index in [9.17, 15) is 4.21 Å². The smallest absolute Gasteiger partial charge is 0.0590 e. The van der Waals surface area contributed by atoms with Crippen molar-refractivity contribution in [1.29, 1.82) is 0 Å². The summed E-state index contributed by atoms with van der Waals surface area (Å²) in [4.78, 5) is 0. The maximum Gasteiger partial charge on any atom is 0.0590 e. The second-order valence-electron chi connectivity index (χ2n) is 2.38. The van der Waals surface area contributed by atoms with Crippen LogP contribution in [0.5, 0.6) is 0 Å². The Hall–Kier alpha value is 0.0700. The van der Waals surface area contributed by atoms with Crippen molar-refractivity contribution in [3.8, 4) is 0 Å². The molecule has 0 heterocycles. The molecule has 0 radical (unpaired) electrons. The van der Waals surface area contributed by atoms with E-state index < -0.39 is 10.8 Å². The zero-order chi connectivity index (χ0) is 9.23. The second-order valence-corrected chi connectivity index (χ2v) is 4.24. The maximum absolute atomic E-state index is 10.9. The van der Waals surface area contributed by atoms with Gasteiger partial charge < -0.3 is 10.1 Å². The summed E-state index contributed by atoms with van der Waals surface area (Å²) in [5, 5.41) is 3.17. The third kappa shape index (κ3) is 8.17. The van der Waals surface area contributed by atoms with Crippen molar-refractivity contribution in [2.75, 3.05) is 37.8 Å². The van der Waals surface area contributed by atoms with Gasteiger partial charge in [-0.2, -0.15) is 0 Å². The molecule has 0 saturated carbocycles. The van der Waals surface area contributed by atoms with Crippen LogP contribution in [0, 0.1) is 0 Å². The molecule has 0 aliphatic rings. The third-order valence-corrected chi connectivity index (χ3v) is 2.76. The first kappa shape index (κ1) is 12.1. The van der Waals surface area contributed by atoms with Crippen LogP contribution in [0.4, 0.5) is 0 Å². The highest BCUT2D eigenvalue weighted by atomic mass is 32.2. The van der Waals surface area contributed by atoms with Crippen LogP contribution in [0.1, 0.15) is 13.8 Å². The van der Waals surface area contributed by atoms with Crippen LogP contribution in [-0.4, -0.2) is 42.0 Å². The molecule has 12 heavy (non-hydrogen) atoms. The average Bonchev–Trinajstić information content (AvgIpc) is 2.10. The zero-order valence-corrected chi connectivity index (χ0v) is 8.78. The molecule has 1 unspecified atom stereocenters. The monoisotopic (exact) mass is 193 g/mol. The van der Waals surface area contributed by atoms with Gasteiger partial charge in [0.15, 0.2) is 0 Å². The highest BCUT2D eigenvalue weighted by Crippen LogP contribution is 1.78. The van der Waals surface area contributed by atoms with Gasteiger partial charge in [0, 0.05) is 42.0 Å². The molecule has 0 fully saturated rings. The quantitative estimate of drug-likeness (QED) is 0.566. The van der Waals surface area contributed by atoms with Crippen molar-refractivity contribution < 1.29 is 8.95 Å². The molecule has 0 bridgehead atoms. The Morgan fingerprint density at radius 1 is 1.33 bits per heavy atom. The molecule has 0 aliphatic carbocycles. The zero-order valence-electron chi connectivity index (χ0n) is 7.97. The normalized spacial score (nSPS) is 13.2. The number of rotatable bonds is 8. The standard InChI is InChI=1S/C8H19NO2S/c1-3-11-7-5-9-6-8-12(10)4-2/h9H,3-8H2,1-2H3. The summed E-state index contributed by atoms with van der Waals surface area (Å²) in [5.74, 6) is 1.51. The van der Waals surface area contributed by atoms with Gasteiger partial charge in [0.05, 0.1) is 6.61 Å². The predicted molar refractivity (Wildman–Crippen MR) is 52.9 cm³/mol. The van der Waals surface area contributed by atoms with Crippen molar-refractivity contribution in [3.63, 3.8) is 0 Å². The second kappa shape index (κ2) is 9.16. The molecule has 0 aromatic heterocycles. The molecule has 0 aromatic rings. The lowest BCUT2D eigenvalue weighted by Gasteiger charge is -2.03. The fourth-order valence-corrected chi connectivity index (χ4v) is 1.40. The third-order valence-electron chi connectivity index (χ3n) is 1.46. The van der Waals surface area contributed by atoms with E-state index in [0.717, 1.165) is 37.8 Å². The average molecular weight is 193 g/mol. The molecular weight excluding hydrogens is 174 g/mol. The molecule has 0 rings (SSSR count). The summed E-state index contributed by atoms with van der Waals surface area (Å²) >= 11 is 0. The molecule has 0 spiro atoms. The first-order chi connectivity index (χ1) is 5.81. The largest absolute Gasteiger partial charge is 0.380 e. The highest BCUT2D eigenvalue weighted by molar-refractivity contribution is 7.84. The number of nitrogens with one attached hydrogen (secondary N) is 1. The number of ether oxygens (including phenoxy) is 1. The lowest BCUT2D eigenvalue weighted by atomic mass is 10.6. The van der Waals surface area contributed by atoms with Gasteiger partial charge in [-0.05, 0) is 6.92 Å². The van der Waals surface area contributed by atoms with Gasteiger partial charge in [0.25, 0.3) is 0 Å². The van der Waals surface area contributed by atoms with Crippen LogP contribution >= 0.6 is 0 Å². The minimum absolute atomic E-state index is 0.638. The van der Waals surface area contributed by atoms with Crippen LogP contribution in [0.2, 0.25) is 0 Å². The van der Waals surface area contributed by atoms with E-state index in [-0.39, 0.29) is 0 Å². The Balaban J connectivity index is 2.95. The van der Waals surface area contributed by atoms with Gasteiger partial charge >= 0.3 is 0 Å². The van der Waals surface area contributed by atoms with E-state index in [2.05, 4.69) is 5.32 Å². The maximum atomic E-state index is 10.9. The van der Waals surface area contributed by atoms with Gasteiger partial charge in [-0.3, -0.25) is 4.21 Å². The fraction of sp³-hybridized carbons (Fsp3) is 1.00. The first-order valence-electron chi connectivity index (χ1n) is 4.44. The van der Waals surface area contributed by atoms with Crippen LogP contribution in [0.15, 0.2) is 0 Å². The van der Waals surface area contributed by atoms with Crippen molar-refractivity contribution >= 4 is 10.8 Å². The summed E-state index contributed by atoms with van der Waals surface area (Å²) in [6.45, 7) is 7.11. The Labute approximate surface area is 77.3 Å². The van der Waals surface area contributed by atoms with Gasteiger partial charge in [-0.1, -0.05) is 6.92 Å². The molecule has 4 heteroatoms. The number of hydrogen-bond donors (Lipinski definition) is 1. The van der Waals surface area contributed by atoms with Crippen LogP contribution < -0.4 is 5.32 Å². The van der Waals surface area contributed by atoms with Gasteiger partial charge in [-0.25, -0.2) is 0 Å². The van der Waals surface area contributed by atoms with Crippen molar-refractivity contribution in [1.82, 2.24) is 5.32 Å². The number of hydrogen-bond acceptors (Lipinski definition) is 3. The first-order valence-corrected chi connectivity index (χ1v) is 5.93. The van der Waals surface area contributed by atoms with Crippen molar-refractivity contribution in [3.05, 3.63) is 0 Å². The summed E-state index contributed by atoms with van der Waals surface area (Å²) in [6, 6.07) is 0. The predicted octanol–water partition coefficient (Wildman–Crippen LogP) is 0.381. The molecule has 1 atom stereocenters. The lowest BCUT2D eigenvalue weighted by molar-refractivity contribution is 0.150. The van der Waals surface area contributed by atoms with Crippen LogP contribution in [0.25, 0.3) is 0 Å². The van der Waals surface area contributed by atoms with Gasteiger partial charge in [-0.15, -0.1) is 0 Å². The summed E-state index contributed by atoms with van der Waals surface area (Å²) in [6.07, 6.45) is 0. The fourth-order valence-electron chi connectivity index (χ4n) is 0.744. The Bertz CT molecular complexity index is 120. The van der Waals surface area contributed by atoms with Crippen LogP contribution in [0.3, 0.4) is 0 Å². The Morgan fingerprint density at radius 2 is 2.08 bits per heavy atom. The summed E-state index contributed by atoms with van der Waals surface area (Å²) < 4.78 is 16.1. The molecular formula is C8H19NO2S. The van der Waals surface area contributed by atoms with E-state index in [1.807, 2.05) is 13.8 Å².